The van der Waals surface area contributed by atoms with Crippen molar-refractivity contribution in [2.45, 2.75) is 70.6 Å². The highest BCUT2D eigenvalue weighted by Gasteiger charge is 2.29. The molecule has 2 amide bonds. The van der Waals surface area contributed by atoms with Gasteiger partial charge in [0.2, 0.25) is 5.91 Å². The maximum Gasteiger partial charge on any atom is 0.407 e. The highest BCUT2D eigenvalue weighted by molar-refractivity contribution is 5.80. The van der Waals surface area contributed by atoms with Crippen molar-refractivity contribution in [1.29, 1.82) is 0 Å². The number of carbonyl (C=O) groups excluding carboxylic acids is 2. The van der Waals surface area contributed by atoms with E-state index in [-0.39, 0.29) is 0 Å². The third-order valence-corrected chi connectivity index (χ3v) is 3.49. The number of carbonyl (C=O) groups is 2. The Morgan fingerprint density at radius 1 is 1.40 bits per heavy atom. The van der Waals surface area contributed by atoms with Crippen LogP contribution in [0.25, 0.3) is 0 Å². The van der Waals surface area contributed by atoms with Crippen LogP contribution >= 0.6 is 0 Å². The van der Waals surface area contributed by atoms with E-state index >= 15 is 0 Å². The van der Waals surface area contributed by atoms with E-state index in [1.54, 1.807) is 20.8 Å². The normalized spacial score (nSPS) is 18.8. The van der Waals surface area contributed by atoms with E-state index in [0.29, 0.717) is 12.3 Å². The molecule has 2 atom stereocenters. The van der Waals surface area contributed by atoms with E-state index in [4.69, 9.17) is 10.5 Å². The van der Waals surface area contributed by atoms with Gasteiger partial charge in [-0.3, -0.25) is 4.79 Å². The molecule has 0 heterocycles. The SMILES string of the molecule is CC(C)(C)OC(=O)NC(CCC1CCC1)C(O)C(N)=O. The van der Waals surface area contributed by atoms with Crippen LogP contribution < -0.4 is 11.1 Å². The largest absolute Gasteiger partial charge is 0.444 e. The topological polar surface area (TPSA) is 102 Å². The minimum atomic E-state index is -1.39. The van der Waals surface area contributed by atoms with Crippen LogP contribution in [0.3, 0.4) is 0 Å². The summed E-state index contributed by atoms with van der Waals surface area (Å²) in [5.74, 6) is -0.210. The number of ether oxygens (including phenoxy) is 1. The number of aliphatic hydroxyl groups excluding tert-OH is 1. The Kier molecular flexibility index (Phi) is 5.80. The van der Waals surface area contributed by atoms with Crippen molar-refractivity contribution in [3.8, 4) is 0 Å². The monoisotopic (exact) mass is 286 g/mol. The van der Waals surface area contributed by atoms with Crippen LogP contribution in [0.4, 0.5) is 4.79 Å². The van der Waals surface area contributed by atoms with Crippen molar-refractivity contribution in [3.05, 3.63) is 0 Å². The second-order valence-corrected chi connectivity index (χ2v) is 6.47. The summed E-state index contributed by atoms with van der Waals surface area (Å²) in [6, 6.07) is -0.692. The number of primary amides is 1. The molecule has 6 nitrogen and oxygen atoms in total. The summed E-state index contributed by atoms with van der Waals surface area (Å²) < 4.78 is 5.13. The van der Waals surface area contributed by atoms with Crippen molar-refractivity contribution in [3.63, 3.8) is 0 Å². The van der Waals surface area contributed by atoms with Crippen molar-refractivity contribution in [2.75, 3.05) is 0 Å². The first kappa shape index (κ1) is 16.8. The van der Waals surface area contributed by atoms with E-state index in [9.17, 15) is 14.7 Å². The lowest BCUT2D eigenvalue weighted by atomic mass is 9.81. The zero-order valence-corrected chi connectivity index (χ0v) is 12.5. The van der Waals surface area contributed by atoms with E-state index in [0.717, 1.165) is 6.42 Å². The molecule has 1 aliphatic carbocycles. The molecule has 0 radical (unpaired) electrons. The average molecular weight is 286 g/mol. The van der Waals surface area contributed by atoms with Gasteiger partial charge in [-0.25, -0.2) is 4.79 Å². The summed E-state index contributed by atoms with van der Waals surface area (Å²) in [5.41, 5.74) is 4.49. The summed E-state index contributed by atoms with van der Waals surface area (Å²) >= 11 is 0. The average Bonchev–Trinajstić information content (AvgIpc) is 2.21. The number of nitrogens with one attached hydrogen (secondary N) is 1. The minimum absolute atomic E-state index is 0.522. The van der Waals surface area contributed by atoms with Gasteiger partial charge in [0.15, 0.2) is 6.10 Å². The molecule has 0 aliphatic heterocycles. The van der Waals surface area contributed by atoms with E-state index in [1.165, 1.54) is 19.3 Å². The molecular weight excluding hydrogens is 260 g/mol. The van der Waals surface area contributed by atoms with Gasteiger partial charge in [0, 0.05) is 0 Å². The smallest absolute Gasteiger partial charge is 0.407 e. The molecule has 0 aromatic carbocycles. The van der Waals surface area contributed by atoms with Crippen LogP contribution in [0.15, 0.2) is 0 Å². The molecule has 0 aromatic heterocycles. The van der Waals surface area contributed by atoms with Gasteiger partial charge in [-0.1, -0.05) is 19.3 Å². The van der Waals surface area contributed by atoms with Gasteiger partial charge in [-0.15, -0.1) is 0 Å². The number of alkyl carbamates (subject to hydrolysis) is 1. The Balaban J connectivity index is 2.52. The zero-order valence-electron chi connectivity index (χ0n) is 12.5. The minimum Gasteiger partial charge on any atom is -0.444 e. The van der Waals surface area contributed by atoms with Gasteiger partial charge >= 0.3 is 6.09 Å². The van der Waals surface area contributed by atoms with Crippen LogP contribution in [-0.2, 0) is 9.53 Å². The highest BCUT2D eigenvalue weighted by atomic mass is 16.6. The quantitative estimate of drug-likeness (QED) is 0.685. The van der Waals surface area contributed by atoms with Crippen LogP contribution in [0.1, 0.15) is 52.9 Å². The van der Waals surface area contributed by atoms with Gasteiger partial charge < -0.3 is 20.9 Å². The number of hydrogen-bond acceptors (Lipinski definition) is 4. The summed E-state index contributed by atoms with van der Waals surface area (Å²) in [6.45, 7) is 5.25. The van der Waals surface area contributed by atoms with E-state index < -0.39 is 29.7 Å². The van der Waals surface area contributed by atoms with E-state index in [2.05, 4.69) is 5.32 Å². The van der Waals surface area contributed by atoms with Gasteiger partial charge in [-0.2, -0.15) is 0 Å². The molecule has 20 heavy (non-hydrogen) atoms. The van der Waals surface area contributed by atoms with Crippen LogP contribution in [-0.4, -0.2) is 34.9 Å². The molecule has 116 valence electrons. The Morgan fingerprint density at radius 2 is 2.00 bits per heavy atom. The van der Waals surface area contributed by atoms with Gasteiger partial charge in [0.05, 0.1) is 6.04 Å². The zero-order chi connectivity index (χ0) is 15.3. The summed E-state index contributed by atoms with van der Waals surface area (Å²) in [5, 5.41) is 12.3. The third kappa shape index (κ3) is 5.77. The van der Waals surface area contributed by atoms with Crippen LogP contribution in [0.5, 0.6) is 0 Å². The number of aliphatic hydroxyl groups is 1. The molecule has 0 bridgehead atoms. The Morgan fingerprint density at radius 3 is 2.40 bits per heavy atom. The number of hydrogen-bond donors (Lipinski definition) is 3. The van der Waals surface area contributed by atoms with Crippen molar-refractivity contribution >= 4 is 12.0 Å². The predicted molar refractivity (Wildman–Crippen MR) is 74.9 cm³/mol. The van der Waals surface area contributed by atoms with Crippen LogP contribution in [0.2, 0.25) is 0 Å². The van der Waals surface area contributed by atoms with Crippen molar-refractivity contribution in [1.82, 2.24) is 5.32 Å². The first-order valence-corrected chi connectivity index (χ1v) is 7.16. The lowest BCUT2D eigenvalue weighted by Gasteiger charge is -2.29. The van der Waals surface area contributed by atoms with Crippen molar-refractivity contribution in [2.24, 2.45) is 11.7 Å². The summed E-state index contributed by atoms with van der Waals surface area (Å²) in [7, 11) is 0. The Hall–Kier alpha value is -1.30. The fraction of sp³-hybridized carbons (Fsp3) is 0.857. The fourth-order valence-electron chi connectivity index (χ4n) is 2.16. The van der Waals surface area contributed by atoms with Crippen LogP contribution in [0, 0.1) is 5.92 Å². The Bertz CT molecular complexity index is 348. The molecule has 1 rings (SSSR count). The summed E-state index contributed by atoms with van der Waals surface area (Å²) in [6.07, 6.45) is 2.93. The number of amides is 2. The second kappa shape index (κ2) is 6.92. The fourth-order valence-corrected chi connectivity index (χ4v) is 2.16. The first-order chi connectivity index (χ1) is 9.19. The van der Waals surface area contributed by atoms with E-state index in [1.807, 2.05) is 0 Å². The first-order valence-electron chi connectivity index (χ1n) is 7.16. The molecule has 0 saturated heterocycles. The van der Waals surface area contributed by atoms with Crippen molar-refractivity contribution < 1.29 is 19.4 Å². The lowest BCUT2D eigenvalue weighted by Crippen LogP contribution is -2.50. The molecule has 1 aliphatic rings. The van der Waals surface area contributed by atoms with Gasteiger partial charge in [-0.05, 0) is 39.5 Å². The van der Waals surface area contributed by atoms with Gasteiger partial charge in [0.25, 0.3) is 0 Å². The lowest BCUT2D eigenvalue weighted by molar-refractivity contribution is -0.127. The predicted octanol–water partition coefficient (Wildman–Crippen LogP) is 1.31. The second-order valence-electron chi connectivity index (χ2n) is 6.47. The molecule has 1 saturated carbocycles. The molecule has 0 spiro atoms. The maximum absolute atomic E-state index is 11.7. The molecule has 0 aromatic rings. The highest BCUT2D eigenvalue weighted by Crippen LogP contribution is 2.31. The Labute approximate surface area is 120 Å². The third-order valence-electron chi connectivity index (χ3n) is 3.49. The molecule has 1 fully saturated rings. The summed E-state index contributed by atoms with van der Waals surface area (Å²) in [4.78, 5) is 22.8. The number of rotatable bonds is 6. The molecular formula is C14H26N2O4. The standard InChI is InChI=1S/C14H26N2O4/c1-14(2,3)20-13(19)16-10(11(17)12(15)18)8-7-9-5-4-6-9/h9-11,17H,4-8H2,1-3H3,(H2,15,18)(H,16,19). The molecule has 2 unspecified atom stereocenters. The molecule has 4 N–H and O–H groups in total. The maximum atomic E-state index is 11.7. The number of nitrogens with two attached hydrogens (primary N) is 1. The van der Waals surface area contributed by atoms with Gasteiger partial charge in [0.1, 0.15) is 5.60 Å². The molecule has 6 heteroatoms.